The molecule has 0 saturated carbocycles. The van der Waals surface area contributed by atoms with Crippen LogP contribution in [0.1, 0.15) is 81.6 Å². The number of aliphatic hydroxyl groups excluding tert-OH is 1. The average Bonchev–Trinajstić information content (AvgIpc) is 3.34. The maximum absolute atomic E-state index is 14.1. The molecular weight excluding hydrogens is 624 g/mol. The number of rotatable bonds is 8. The lowest BCUT2D eigenvalue weighted by molar-refractivity contribution is -0.302. The van der Waals surface area contributed by atoms with Gasteiger partial charge in [-0.05, 0) is 68.0 Å². The highest BCUT2D eigenvalue weighted by molar-refractivity contribution is 5.87. The molecule has 3 aliphatic rings. The number of ketones is 2. The minimum absolute atomic E-state index is 0.148. The Labute approximate surface area is 285 Å². The van der Waals surface area contributed by atoms with E-state index in [1.165, 1.54) is 26.4 Å². The minimum Gasteiger partial charge on any atom is -0.491 e. The number of alkyl carbamates (subject to hydrolysis) is 1. The molecule has 13 heteroatoms. The van der Waals surface area contributed by atoms with Gasteiger partial charge in [-0.1, -0.05) is 27.7 Å². The zero-order valence-electron chi connectivity index (χ0n) is 30.7. The first kappa shape index (κ1) is 39.9. The normalized spacial score (nSPS) is 43.2. The van der Waals surface area contributed by atoms with Gasteiger partial charge in [0.05, 0.1) is 48.2 Å². The molecule has 0 spiro atoms. The predicted molar refractivity (Wildman–Crippen MR) is 176 cm³/mol. The molecule has 0 aromatic heterocycles. The molecule has 0 aromatic carbocycles. The van der Waals surface area contributed by atoms with Crippen molar-refractivity contribution < 1.29 is 52.7 Å². The summed E-state index contributed by atoms with van der Waals surface area (Å²) in [5, 5.41) is 14.6. The van der Waals surface area contributed by atoms with E-state index in [1.54, 1.807) is 41.5 Å². The second-order valence-electron chi connectivity index (χ2n) is 14.6. The van der Waals surface area contributed by atoms with Gasteiger partial charge in [0.1, 0.15) is 11.9 Å². The van der Waals surface area contributed by atoms with Crippen molar-refractivity contribution in [2.75, 3.05) is 21.2 Å². The number of Topliss-reactive ketones (excluding diaryl/α,β-unsaturated/α-hetero) is 1. The Morgan fingerprint density at radius 2 is 1.75 bits per heavy atom. The summed E-state index contributed by atoms with van der Waals surface area (Å²) in [6, 6.07) is -0.941. The zero-order valence-corrected chi connectivity index (χ0v) is 30.7. The van der Waals surface area contributed by atoms with Crippen LogP contribution < -0.4 is 5.32 Å². The monoisotopic (exact) mass is 682 g/mol. The molecule has 0 aromatic rings. The Hall–Kier alpha value is -2.58. The topological polar surface area (TPSA) is 159 Å². The van der Waals surface area contributed by atoms with Gasteiger partial charge in [-0.3, -0.25) is 14.4 Å². The number of fused-ring (bicyclic) bond motifs is 1. The number of aliphatic hydroxyl groups is 1. The number of likely N-dealkylation sites (N-methyl/N-ethyl adjacent to an activating group) is 1. The lowest BCUT2D eigenvalue weighted by Crippen LogP contribution is -2.60. The van der Waals surface area contributed by atoms with Crippen LogP contribution in [0.4, 0.5) is 4.79 Å². The first-order chi connectivity index (χ1) is 22.3. The van der Waals surface area contributed by atoms with Gasteiger partial charge in [-0.15, -0.1) is 0 Å². The van der Waals surface area contributed by atoms with Crippen LogP contribution >= 0.6 is 0 Å². The molecule has 274 valence electrons. The van der Waals surface area contributed by atoms with Crippen molar-refractivity contribution in [3.8, 4) is 0 Å². The second kappa shape index (κ2) is 16.0. The van der Waals surface area contributed by atoms with Gasteiger partial charge in [0.25, 0.3) is 0 Å². The summed E-state index contributed by atoms with van der Waals surface area (Å²) in [6.45, 7) is 15.5. The molecule has 0 unspecified atom stereocenters. The standard InChI is InChI=1S/C35H58N2O11/c1-13-25-35(9)29(36-33(42)48-35)21(5)26(39)18(2)17-34(8,43-12)30(22(6)27(40)23(7)31(41)46-25)47-32-28(44-15-14-19(3)38)24(37(10)11)16-20(4)45-32/h14-15,18,20-25,27-30,32,40H,13,16-17H2,1-12H3,(H,36,42)/b15-14+/t18-,20-,21+,22+,23-,24+,25-,27+,28-,29-,30-,32+,34+,35-/m1/s1. The smallest absolute Gasteiger partial charge is 0.408 e. The third-order valence-corrected chi connectivity index (χ3v) is 10.7. The Bertz CT molecular complexity index is 1200. The highest BCUT2D eigenvalue weighted by Gasteiger charge is 2.57. The van der Waals surface area contributed by atoms with Gasteiger partial charge in [0, 0.05) is 30.9 Å². The van der Waals surface area contributed by atoms with Crippen LogP contribution in [0.15, 0.2) is 12.3 Å². The van der Waals surface area contributed by atoms with Gasteiger partial charge in [0.2, 0.25) is 0 Å². The molecule has 0 bridgehead atoms. The maximum atomic E-state index is 14.1. The summed E-state index contributed by atoms with van der Waals surface area (Å²) < 4.78 is 37.1. The fourth-order valence-corrected chi connectivity index (χ4v) is 7.70. The van der Waals surface area contributed by atoms with Crippen molar-refractivity contribution >= 4 is 23.6 Å². The molecule has 13 nitrogen and oxygen atoms in total. The largest absolute Gasteiger partial charge is 0.491 e. The molecule has 3 rings (SSSR count). The molecule has 14 atom stereocenters. The molecule has 1 amide bonds. The summed E-state index contributed by atoms with van der Waals surface area (Å²) in [5.74, 6) is -4.07. The van der Waals surface area contributed by atoms with E-state index >= 15 is 0 Å². The van der Waals surface area contributed by atoms with Crippen molar-refractivity contribution in [2.24, 2.45) is 23.7 Å². The highest BCUT2D eigenvalue weighted by atomic mass is 16.7. The van der Waals surface area contributed by atoms with E-state index in [2.05, 4.69) is 5.32 Å². The van der Waals surface area contributed by atoms with Crippen molar-refractivity contribution in [2.45, 2.75) is 142 Å². The number of nitrogens with one attached hydrogen (secondary N) is 1. The molecule has 48 heavy (non-hydrogen) atoms. The number of hydrogen-bond donors (Lipinski definition) is 2. The summed E-state index contributed by atoms with van der Waals surface area (Å²) in [7, 11) is 5.36. The van der Waals surface area contributed by atoms with Crippen LogP contribution in [0.2, 0.25) is 0 Å². The molecule has 3 aliphatic heterocycles. The van der Waals surface area contributed by atoms with E-state index in [1.807, 2.05) is 32.8 Å². The number of allylic oxidation sites excluding steroid dienone is 1. The number of ether oxygens (including phenoxy) is 6. The zero-order chi connectivity index (χ0) is 36.3. The third-order valence-electron chi connectivity index (χ3n) is 10.7. The van der Waals surface area contributed by atoms with Crippen molar-refractivity contribution in [3.05, 3.63) is 12.3 Å². The Kier molecular flexibility index (Phi) is 13.3. The molecule has 0 aliphatic carbocycles. The third kappa shape index (κ3) is 8.40. The van der Waals surface area contributed by atoms with Crippen LogP contribution in [0.3, 0.4) is 0 Å². The summed E-state index contributed by atoms with van der Waals surface area (Å²) in [6.07, 6.45) is -1.91. The van der Waals surface area contributed by atoms with Gasteiger partial charge >= 0.3 is 12.1 Å². The summed E-state index contributed by atoms with van der Waals surface area (Å²) in [4.78, 5) is 54.0. The molecule has 0 radical (unpaired) electrons. The number of esters is 1. The predicted octanol–water partition coefficient (Wildman–Crippen LogP) is 3.40. The van der Waals surface area contributed by atoms with Gasteiger partial charge < -0.3 is 43.7 Å². The Morgan fingerprint density at radius 3 is 2.31 bits per heavy atom. The lowest BCUT2D eigenvalue weighted by atomic mass is 9.73. The second-order valence-corrected chi connectivity index (χ2v) is 14.6. The summed E-state index contributed by atoms with van der Waals surface area (Å²) >= 11 is 0. The van der Waals surface area contributed by atoms with Gasteiger partial charge in [-0.25, -0.2) is 4.79 Å². The minimum atomic E-state index is -1.32. The quantitative estimate of drug-likeness (QED) is 0.219. The van der Waals surface area contributed by atoms with Crippen LogP contribution in [0.25, 0.3) is 0 Å². The number of cyclic esters (lactones) is 1. The van der Waals surface area contributed by atoms with Crippen LogP contribution in [-0.4, -0.2) is 115 Å². The van der Waals surface area contributed by atoms with Crippen LogP contribution in [0, 0.1) is 23.7 Å². The van der Waals surface area contributed by atoms with Crippen molar-refractivity contribution in [1.82, 2.24) is 10.2 Å². The Balaban J connectivity index is 2.12. The van der Waals surface area contributed by atoms with E-state index in [0.717, 1.165) is 0 Å². The SMILES string of the molecule is CC[C@H]1OC(=O)[C@H](C)[C@@H](O)[C@H](C)[C@@H](O[C@@H]2O[C@H](C)C[C@H](N(C)C)[C@H]2O/C=C/C(C)=O)[C@@](C)(OC)C[C@@H](C)C(=O)[C@H](C)[C@H]2NC(=O)O[C@@]21C. The lowest BCUT2D eigenvalue weighted by Gasteiger charge is -2.48. The highest BCUT2D eigenvalue weighted by Crippen LogP contribution is 2.41. The number of amides is 1. The first-order valence-corrected chi connectivity index (χ1v) is 17.1. The van der Waals surface area contributed by atoms with Crippen LogP contribution in [0.5, 0.6) is 0 Å². The van der Waals surface area contributed by atoms with Crippen LogP contribution in [-0.2, 0) is 42.8 Å². The molecule has 3 saturated heterocycles. The number of carbonyl (C=O) groups is 4. The average molecular weight is 683 g/mol. The molecule has 3 fully saturated rings. The van der Waals surface area contributed by atoms with Gasteiger partial charge in [0.15, 0.2) is 23.8 Å². The van der Waals surface area contributed by atoms with Crippen molar-refractivity contribution in [1.29, 1.82) is 0 Å². The van der Waals surface area contributed by atoms with E-state index in [4.69, 9.17) is 28.4 Å². The van der Waals surface area contributed by atoms with E-state index in [9.17, 15) is 24.3 Å². The van der Waals surface area contributed by atoms with Gasteiger partial charge in [-0.2, -0.15) is 0 Å². The number of hydrogen-bond acceptors (Lipinski definition) is 12. The Morgan fingerprint density at radius 1 is 1.10 bits per heavy atom. The maximum Gasteiger partial charge on any atom is 0.408 e. The van der Waals surface area contributed by atoms with E-state index < -0.39 is 83.7 Å². The number of methoxy groups -OCH3 is 1. The molecule has 2 N–H and O–H groups in total. The van der Waals surface area contributed by atoms with Crippen molar-refractivity contribution in [3.63, 3.8) is 0 Å². The molecular formula is C35H58N2O11. The molecule has 3 heterocycles. The first-order valence-electron chi connectivity index (χ1n) is 17.1. The fourth-order valence-electron chi connectivity index (χ4n) is 7.70. The fraction of sp³-hybridized carbons (Fsp3) is 0.829. The summed E-state index contributed by atoms with van der Waals surface area (Å²) in [5.41, 5.74) is -2.51. The van der Waals surface area contributed by atoms with E-state index in [0.29, 0.717) is 12.8 Å². The van der Waals surface area contributed by atoms with E-state index in [-0.39, 0.29) is 30.1 Å². The number of nitrogens with zero attached hydrogens (tertiary/aromatic N) is 1. The number of carbonyl (C=O) groups excluding carboxylic acids is 4.